The first kappa shape index (κ1) is 11.8. The second kappa shape index (κ2) is 5.12. The normalized spacial score (nSPS) is 19.0. The SMILES string of the molecule is N#CC1(Sc2ccccc2Cl)CCCCC1. The lowest BCUT2D eigenvalue weighted by atomic mass is 9.89. The molecule has 1 aromatic rings. The van der Waals surface area contributed by atoms with Gasteiger partial charge >= 0.3 is 0 Å². The minimum absolute atomic E-state index is 0.247. The van der Waals surface area contributed by atoms with E-state index >= 15 is 0 Å². The maximum atomic E-state index is 9.38. The lowest BCUT2D eigenvalue weighted by molar-refractivity contribution is 0.459. The number of nitriles is 1. The largest absolute Gasteiger partial charge is 0.197 e. The van der Waals surface area contributed by atoms with Crippen molar-refractivity contribution in [1.82, 2.24) is 0 Å². The molecular formula is C13H14ClNS. The Morgan fingerprint density at radius 2 is 1.88 bits per heavy atom. The van der Waals surface area contributed by atoms with E-state index in [-0.39, 0.29) is 4.75 Å². The minimum Gasteiger partial charge on any atom is -0.197 e. The lowest BCUT2D eigenvalue weighted by Crippen LogP contribution is -2.25. The predicted molar refractivity (Wildman–Crippen MR) is 68.7 cm³/mol. The van der Waals surface area contributed by atoms with Crippen LogP contribution in [0, 0.1) is 11.3 Å². The zero-order valence-electron chi connectivity index (χ0n) is 9.08. The van der Waals surface area contributed by atoms with Crippen molar-refractivity contribution in [2.75, 3.05) is 0 Å². The van der Waals surface area contributed by atoms with Crippen molar-refractivity contribution in [3.05, 3.63) is 29.3 Å². The Bertz CT molecular complexity index is 405. The number of hydrogen-bond acceptors (Lipinski definition) is 2. The third-order valence-corrected chi connectivity index (χ3v) is 4.91. The van der Waals surface area contributed by atoms with E-state index in [0.29, 0.717) is 0 Å². The second-order valence-electron chi connectivity index (χ2n) is 4.20. The summed E-state index contributed by atoms with van der Waals surface area (Å²) in [5, 5.41) is 10.1. The molecular weight excluding hydrogens is 238 g/mol. The molecule has 1 saturated carbocycles. The average Bonchev–Trinajstić information content (AvgIpc) is 2.33. The molecule has 0 heterocycles. The number of nitrogens with zero attached hydrogens (tertiary/aromatic N) is 1. The Morgan fingerprint density at radius 1 is 1.19 bits per heavy atom. The van der Waals surface area contributed by atoms with E-state index in [1.54, 1.807) is 11.8 Å². The highest BCUT2D eigenvalue weighted by atomic mass is 35.5. The molecule has 0 atom stereocenters. The topological polar surface area (TPSA) is 23.8 Å². The summed E-state index contributed by atoms with van der Waals surface area (Å²) < 4.78 is -0.247. The van der Waals surface area contributed by atoms with Gasteiger partial charge in [-0.15, -0.1) is 11.8 Å². The Labute approximate surface area is 106 Å². The van der Waals surface area contributed by atoms with Crippen LogP contribution in [-0.2, 0) is 0 Å². The number of rotatable bonds is 2. The summed E-state index contributed by atoms with van der Waals surface area (Å²) in [5.74, 6) is 0. The van der Waals surface area contributed by atoms with Crippen LogP contribution in [0.2, 0.25) is 5.02 Å². The van der Waals surface area contributed by atoms with Crippen LogP contribution in [0.4, 0.5) is 0 Å². The summed E-state index contributed by atoms with van der Waals surface area (Å²) in [4.78, 5) is 1.03. The van der Waals surface area contributed by atoms with Crippen molar-refractivity contribution in [3.63, 3.8) is 0 Å². The molecule has 0 N–H and O–H groups in total. The van der Waals surface area contributed by atoms with Crippen molar-refractivity contribution >= 4 is 23.4 Å². The molecule has 1 aliphatic rings. The molecule has 0 bridgehead atoms. The third kappa shape index (κ3) is 2.53. The van der Waals surface area contributed by atoms with Gasteiger partial charge in [0.2, 0.25) is 0 Å². The zero-order valence-corrected chi connectivity index (χ0v) is 10.7. The lowest BCUT2D eigenvalue weighted by Gasteiger charge is -2.30. The fourth-order valence-electron chi connectivity index (χ4n) is 2.10. The fourth-order valence-corrected chi connectivity index (χ4v) is 3.62. The van der Waals surface area contributed by atoms with Crippen molar-refractivity contribution in [2.24, 2.45) is 0 Å². The Hall–Kier alpha value is -0.650. The summed E-state index contributed by atoms with van der Waals surface area (Å²) in [6.45, 7) is 0. The second-order valence-corrected chi connectivity index (χ2v) is 6.03. The van der Waals surface area contributed by atoms with E-state index in [1.165, 1.54) is 6.42 Å². The number of halogens is 1. The molecule has 0 saturated heterocycles. The molecule has 1 fully saturated rings. The maximum Gasteiger partial charge on any atom is 0.107 e. The van der Waals surface area contributed by atoms with Gasteiger partial charge in [0, 0.05) is 4.90 Å². The highest BCUT2D eigenvalue weighted by Crippen LogP contribution is 2.45. The number of benzene rings is 1. The van der Waals surface area contributed by atoms with Crippen LogP contribution in [0.5, 0.6) is 0 Å². The number of hydrogen-bond donors (Lipinski definition) is 0. The summed E-state index contributed by atoms with van der Waals surface area (Å²) in [6, 6.07) is 10.3. The quantitative estimate of drug-likeness (QED) is 0.763. The first-order valence-electron chi connectivity index (χ1n) is 5.61. The van der Waals surface area contributed by atoms with Crippen LogP contribution in [0.3, 0.4) is 0 Å². The molecule has 84 valence electrons. The summed E-state index contributed by atoms with van der Waals surface area (Å²) in [6.07, 6.45) is 5.54. The van der Waals surface area contributed by atoms with E-state index < -0.39 is 0 Å². The molecule has 0 unspecified atom stereocenters. The van der Waals surface area contributed by atoms with Gasteiger partial charge in [0.05, 0.1) is 11.1 Å². The molecule has 16 heavy (non-hydrogen) atoms. The van der Waals surface area contributed by atoms with Crippen molar-refractivity contribution in [3.8, 4) is 6.07 Å². The predicted octanol–water partition coefficient (Wildman–Crippen LogP) is 4.66. The van der Waals surface area contributed by atoms with Gasteiger partial charge in [-0.3, -0.25) is 0 Å². The first-order chi connectivity index (χ1) is 7.76. The van der Waals surface area contributed by atoms with Crippen LogP contribution < -0.4 is 0 Å². The van der Waals surface area contributed by atoms with Gasteiger partial charge in [-0.25, -0.2) is 0 Å². The van der Waals surface area contributed by atoms with Crippen molar-refractivity contribution in [1.29, 1.82) is 5.26 Å². The third-order valence-electron chi connectivity index (χ3n) is 3.01. The van der Waals surface area contributed by atoms with Crippen LogP contribution in [0.1, 0.15) is 32.1 Å². The molecule has 1 aromatic carbocycles. The van der Waals surface area contributed by atoms with Crippen molar-refractivity contribution < 1.29 is 0 Å². The molecule has 0 aromatic heterocycles. The van der Waals surface area contributed by atoms with E-state index in [0.717, 1.165) is 35.6 Å². The van der Waals surface area contributed by atoms with E-state index in [4.69, 9.17) is 11.6 Å². The number of thioether (sulfide) groups is 1. The summed E-state index contributed by atoms with van der Waals surface area (Å²) in [5.41, 5.74) is 0. The molecule has 0 amide bonds. The monoisotopic (exact) mass is 251 g/mol. The van der Waals surface area contributed by atoms with Crippen LogP contribution in [-0.4, -0.2) is 4.75 Å². The highest BCUT2D eigenvalue weighted by Gasteiger charge is 2.33. The van der Waals surface area contributed by atoms with Crippen LogP contribution in [0.25, 0.3) is 0 Å². The molecule has 0 spiro atoms. The fraction of sp³-hybridized carbons (Fsp3) is 0.462. The van der Waals surface area contributed by atoms with Crippen LogP contribution in [0.15, 0.2) is 29.2 Å². The summed E-state index contributed by atoms with van der Waals surface area (Å²) >= 11 is 7.78. The average molecular weight is 252 g/mol. The van der Waals surface area contributed by atoms with E-state index in [9.17, 15) is 5.26 Å². The van der Waals surface area contributed by atoms with Crippen molar-refractivity contribution in [2.45, 2.75) is 41.7 Å². The van der Waals surface area contributed by atoms with Gasteiger partial charge in [0.15, 0.2) is 0 Å². The molecule has 2 rings (SSSR count). The molecule has 1 aliphatic carbocycles. The van der Waals surface area contributed by atoms with Gasteiger partial charge < -0.3 is 0 Å². The van der Waals surface area contributed by atoms with Gasteiger partial charge in [0.25, 0.3) is 0 Å². The Kier molecular flexibility index (Phi) is 3.78. The maximum absolute atomic E-state index is 9.38. The van der Waals surface area contributed by atoms with E-state index in [2.05, 4.69) is 6.07 Å². The molecule has 1 nitrogen and oxygen atoms in total. The van der Waals surface area contributed by atoms with Gasteiger partial charge in [-0.1, -0.05) is 43.0 Å². The standard InChI is InChI=1S/C13H14ClNS/c14-11-6-2-3-7-12(11)16-13(10-15)8-4-1-5-9-13/h2-3,6-7H,1,4-5,8-9H2. The Balaban J connectivity index is 2.19. The Morgan fingerprint density at radius 3 is 2.50 bits per heavy atom. The zero-order chi connectivity index (χ0) is 11.4. The van der Waals surface area contributed by atoms with E-state index in [1.807, 2.05) is 24.3 Å². The first-order valence-corrected chi connectivity index (χ1v) is 6.80. The molecule has 3 heteroatoms. The van der Waals surface area contributed by atoms with Crippen LogP contribution >= 0.6 is 23.4 Å². The smallest absolute Gasteiger partial charge is 0.107 e. The molecule has 0 aliphatic heterocycles. The van der Waals surface area contributed by atoms with Gasteiger partial charge in [-0.2, -0.15) is 5.26 Å². The van der Waals surface area contributed by atoms with Gasteiger partial charge in [0.1, 0.15) is 4.75 Å². The minimum atomic E-state index is -0.247. The summed E-state index contributed by atoms with van der Waals surface area (Å²) in [7, 11) is 0. The highest BCUT2D eigenvalue weighted by molar-refractivity contribution is 8.01. The molecule has 0 radical (unpaired) electrons. The van der Waals surface area contributed by atoms with Gasteiger partial charge in [-0.05, 0) is 25.0 Å².